The number of nitrogens with one attached hydrogen (secondary N) is 1. The van der Waals surface area contributed by atoms with E-state index in [1.807, 2.05) is 0 Å². The third kappa shape index (κ3) is 5.89. The highest BCUT2D eigenvalue weighted by atomic mass is 16.5. The van der Waals surface area contributed by atoms with Gasteiger partial charge in [0.1, 0.15) is 0 Å². The van der Waals surface area contributed by atoms with E-state index in [1.54, 1.807) is 10.9 Å². The molecule has 0 aliphatic rings. The third-order valence-electron chi connectivity index (χ3n) is 3.74. The first kappa shape index (κ1) is 21.1. The number of methoxy groups -OCH3 is 1. The van der Waals surface area contributed by atoms with Gasteiger partial charge in [-0.15, -0.1) is 0 Å². The van der Waals surface area contributed by atoms with Crippen LogP contribution < -0.4 is 10.1 Å². The van der Waals surface area contributed by atoms with Gasteiger partial charge in [0.15, 0.2) is 11.2 Å². The Kier molecular flexibility index (Phi) is 7.24. The Labute approximate surface area is 161 Å². The molecule has 2 aromatic rings. The van der Waals surface area contributed by atoms with E-state index in [4.69, 9.17) is 14.2 Å². The highest BCUT2D eigenvalue weighted by Crippen LogP contribution is 2.24. The van der Waals surface area contributed by atoms with E-state index < -0.39 is 11.9 Å². The molecule has 152 valence electrons. The molecule has 0 atom stereocenters. The average Bonchev–Trinajstić information content (AvgIpc) is 3.02. The van der Waals surface area contributed by atoms with E-state index >= 15 is 0 Å². The van der Waals surface area contributed by atoms with Gasteiger partial charge in [0.2, 0.25) is 17.7 Å². The Morgan fingerprint density at radius 2 is 1.75 bits per heavy atom. The van der Waals surface area contributed by atoms with Gasteiger partial charge >= 0.3 is 11.9 Å². The Morgan fingerprint density at radius 3 is 2.29 bits per heavy atom. The normalized spacial score (nSPS) is 10.8. The topological polar surface area (TPSA) is 135 Å². The number of hydrogen-bond acceptors (Lipinski definition) is 9. The summed E-state index contributed by atoms with van der Waals surface area (Å²) < 4.78 is 17.2. The van der Waals surface area contributed by atoms with Crippen LogP contribution in [0.1, 0.15) is 27.2 Å². The number of rotatable bonds is 9. The maximum absolute atomic E-state index is 11.2. The molecule has 0 spiro atoms. The van der Waals surface area contributed by atoms with Crippen LogP contribution in [0.5, 0.6) is 5.88 Å². The fourth-order valence-corrected chi connectivity index (χ4v) is 2.48. The second kappa shape index (κ2) is 9.62. The molecule has 1 N–H and O–H groups in total. The molecule has 0 saturated carbocycles. The van der Waals surface area contributed by atoms with Crippen molar-refractivity contribution in [1.29, 1.82) is 0 Å². The molecule has 11 nitrogen and oxygen atoms in total. The lowest BCUT2D eigenvalue weighted by Crippen LogP contribution is -2.21. The minimum Gasteiger partial charge on any atom is -0.479 e. The van der Waals surface area contributed by atoms with Crippen LogP contribution in [0.2, 0.25) is 0 Å². The Bertz CT molecular complexity index is 847. The highest BCUT2D eigenvalue weighted by molar-refractivity contribution is 5.88. The van der Waals surface area contributed by atoms with Crippen molar-refractivity contribution in [3.8, 4) is 5.88 Å². The zero-order valence-corrected chi connectivity index (χ0v) is 16.2. The zero-order chi connectivity index (χ0) is 20.7. The first-order valence-corrected chi connectivity index (χ1v) is 8.61. The average molecular weight is 393 g/mol. The number of hydrogen-bond donors (Lipinski definition) is 1. The number of nitrogens with zero attached hydrogens (tertiary/aromatic N) is 4. The summed E-state index contributed by atoms with van der Waals surface area (Å²) in [6, 6.07) is 0. The molecule has 2 heterocycles. The van der Waals surface area contributed by atoms with Crippen LogP contribution in [0.4, 0.5) is 5.95 Å². The van der Waals surface area contributed by atoms with Gasteiger partial charge in [-0.1, -0.05) is 0 Å². The number of carbonyl (C=O) groups is 3. The lowest BCUT2D eigenvalue weighted by molar-refractivity contribution is -0.146. The van der Waals surface area contributed by atoms with Crippen LogP contribution in [-0.2, 0) is 30.4 Å². The summed E-state index contributed by atoms with van der Waals surface area (Å²) >= 11 is 0. The van der Waals surface area contributed by atoms with Gasteiger partial charge in [0, 0.05) is 33.2 Å². The summed E-state index contributed by atoms with van der Waals surface area (Å²) in [5.41, 5.74) is 0.933. The number of anilines is 1. The van der Waals surface area contributed by atoms with Crippen LogP contribution in [-0.4, -0.2) is 57.7 Å². The van der Waals surface area contributed by atoms with Gasteiger partial charge < -0.3 is 18.8 Å². The summed E-state index contributed by atoms with van der Waals surface area (Å²) in [5, 5.41) is 2.50. The minimum absolute atomic E-state index is 0.102. The molecule has 0 aliphatic carbocycles. The maximum Gasteiger partial charge on any atom is 0.302 e. The Balaban J connectivity index is 2.17. The monoisotopic (exact) mass is 393 g/mol. The number of carbonyl (C=O) groups excluding carboxylic acids is 3. The molecule has 2 rings (SSSR count). The van der Waals surface area contributed by atoms with Crippen molar-refractivity contribution < 1.29 is 28.6 Å². The van der Waals surface area contributed by atoms with Crippen molar-refractivity contribution in [2.24, 2.45) is 5.92 Å². The van der Waals surface area contributed by atoms with Crippen LogP contribution in [0, 0.1) is 5.92 Å². The van der Waals surface area contributed by atoms with Crippen LogP contribution in [0.15, 0.2) is 6.33 Å². The highest BCUT2D eigenvalue weighted by Gasteiger charge is 2.18. The number of amides is 1. The zero-order valence-electron chi connectivity index (χ0n) is 16.2. The summed E-state index contributed by atoms with van der Waals surface area (Å²) in [4.78, 5) is 46.0. The van der Waals surface area contributed by atoms with Crippen LogP contribution in [0.3, 0.4) is 0 Å². The molecule has 0 bridgehead atoms. The second-order valence-corrected chi connectivity index (χ2v) is 6.11. The van der Waals surface area contributed by atoms with E-state index in [2.05, 4.69) is 20.3 Å². The molecule has 1 amide bonds. The second-order valence-electron chi connectivity index (χ2n) is 6.11. The standard InChI is InChI=1S/C17H23N5O6/c1-10(23)19-17-20-15-14(16(21-17)26-4)22(9-18-15)6-5-13(7-27-11(2)24)8-28-12(3)25/h9,13H,5-8H2,1-4H3,(H,19,20,21,23). The van der Waals surface area contributed by atoms with Gasteiger partial charge in [0.05, 0.1) is 26.7 Å². The fraction of sp³-hybridized carbons (Fsp3) is 0.529. The van der Waals surface area contributed by atoms with Crippen LogP contribution >= 0.6 is 0 Å². The molecule has 0 aliphatic heterocycles. The molecule has 28 heavy (non-hydrogen) atoms. The largest absolute Gasteiger partial charge is 0.479 e. The predicted octanol–water partition coefficient (Wildman–Crippen LogP) is 0.926. The quantitative estimate of drug-likeness (QED) is 0.617. The third-order valence-corrected chi connectivity index (χ3v) is 3.74. The van der Waals surface area contributed by atoms with Crippen molar-refractivity contribution in [2.45, 2.75) is 33.7 Å². The summed E-state index contributed by atoms with van der Waals surface area (Å²) in [6.45, 7) is 4.74. The van der Waals surface area contributed by atoms with Gasteiger partial charge in [-0.2, -0.15) is 9.97 Å². The Morgan fingerprint density at radius 1 is 1.11 bits per heavy atom. The predicted molar refractivity (Wildman–Crippen MR) is 97.6 cm³/mol. The summed E-state index contributed by atoms with van der Waals surface area (Å²) in [6.07, 6.45) is 2.12. The SMILES string of the molecule is COc1nc(NC(C)=O)nc2ncn(CCC(COC(C)=O)COC(C)=O)c12. The summed E-state index contributed by atoms with van der Waals surface area (Å²) in [7, 11) is 1.46. The molecule has 11 heteroatoms. The maximum atomic E-state index is 11.2. The van der Waals surface area contributed by atoms with E-state index in [0.29, 0.717) is 24.1 Å². The number of ether oxygens (including phenoxy) is 3. The van der Waals surface area contributed by atoms with Gasteiger partial charge in [-0.05, 0) is 6.42 Å². The van der Waals surface area contributed by atoms with Crippen molar-refractivity contribution in [1.82, 2.24) is 19.5 Å². The molecule has 0 aromatic carbocycles. The van der Waals surface area contributed by atoms with Crippen LogP contribution in [0.25, 0.3) is 11.2 Å². The number of aromatic nitrogens is 4. The van der Waals surface area contributed by atoms with E-state index in [9.17, 15) is 14.4 Å². The van der Waals surface area contributed by atoms with Crippen molar-refractivity contribution >= 4 is 35.0 Å². The molecule has 0 unspecified atom stereocenters. The number of aryl methyl sites for hydroxylation is 1. The molecular weight excluding hydrogens is 370 g/mol. The lowest BCUT2D eigenvalue weighted by Gasteiger charge is -2.17. The van der Waals surface area contributed by atoms with E-state index in [1.165, 1.54) is 27.9 Å². The smallest absolute Gasteiger partial charge is 0.302 e. The molecule has 0 radical (unpaired) electrons. The van der Waals surface area contributed by atoms with Gasteiger partial charge in [-0.3, -0.25) is 19.7 Å². The molecular formula is C17H23N5O6. The molecule has 2 aromatic heterocycles. The first-order valence-electron chi connectivity index (χ1n) is 8.61. The number of imidazole rings is 1. The lowest BCUT2D eigenvalue weighted by atomic mass is 10.1. The van der Waals surface area contributed by atoms with Crippen molar-refractivity contribution in [3.05, 3.63) is 6.33 Å². The van der Waals surface area contributed by atoms with Gasteiger partial charge in [0.25, 0.3) is 0 Å². The molecule has 0 fully saturated rings. The fourth-order valence-electron chi connectivity index (χ4n) is 2.48. The number of esters is 2. The first-order chi connectivity index (χ1) is 13.3. The van der Waals surface area contributed by atoms with Crippen molar-refractivity contribution in [2.75, 3.05) is 25.6 Å². The number of fused-ring (bicyclic) bond motifs is 1. The Hall–Kier alpha value is -3.24. The summed E-state index contributed by atoms with van der Waals surface area (Å²) in [5.74, 6) is -0.925. The van der Waals surface area contributed by atoms with E-state index in [0.717, 1.165) is 0 Å². The minimum atomic E-state index is -0.401. The van der Waals surface area contributed by atoms with Gasteiger partial charge in [-0.25, -0.2) is 4.98 Å². The van der Waals surface area contributed by atoms with Crippen molar-refractivity contribution in [3.63, 3.8) is 0 Å². The van der Waals surface area contributed by atoms with E-state index in [-0.39, 0.29) is 36.9 Å². The molecule has 0 saturated heterocycles.